The van der Waals surface area contributed by atoms with Crippen molar-refractivity contribution in [3.63, 3.8) is 0 Å². The van der Waals surface area contributed by atoms with E-state index in [0.717, 1.165) is 29.7 Å². The maximum absolute atomic E-state index is 12.2. The van der Waals surface area contributed by atoms with Gasteiger partial charge in [0.2, 0.25) is 0 Å². The monoisotopic (exact) mass is 346 g/mol. The summed E-state index contributed by atoms with van der Waals surface area (Å²) in [6, 6.07) is 17.2. The molecule has 26 heavy (non-hydrogen) atoms. The van der Waals surface area contributed by atoms with E-state index in [0.29, 0.717) is 12.3 Å². The summed E-state index contributed by atoms with van der Waals surface area (Å²) < 4.78 is 7.32. The fraction of sp³-hybridized carbons (Fsp3) is 0.150. The minimum Gasteiger partial charge on any atom is -0.355 e. The second kappa shape index (κ2) is 7.23. The van der Waals surface area contributed by atoms with Crippen molar-refractivity contribution in [3.05, 3.63) is 78.5 Å². The first kappa shape index (κ1) is 16.1. The van der Waals surface area contributed by atoms with Gasteiger partial charge in [-0.25, -0.2) is 4.98 Å². The molecule has 0 aliphatic carbocycles. The Balaban J connectivity index is 1.31. The lowest BCUT2D eigenvalue weighted by Gasteiger charge is -2.03. The number of amides is 1. The van der Waals surface area contributed by atoms with Crippen LogP contribution in [0.5, 0.6) is 0 Å². The molecule has 4 aromatic rings. The van der Waals surface area contributed by atoms with Gasteiger partial charge in [0.1, 0.15) is 5.82 Å². The van der Waals surface area contributed by atoms with Gasteiger partial charge in [-0.15, -0.1) is 0 Å². The van der Waals surface area contributed by atoms with Crippen molar-refractivity contribution in [2.45, 2.75) is 12.8 Å². The average molecular weight is 346 g/mol. The van der Waals surface area contributed by atoms with E-state index in [4.69, 9.17) is 4.52 Å². The Hall–Kier alpha value is -3.41. The molecule has 0 bridgehead atoms. The molecule has 0 unspecified atom stereocenters. The topological polar surface area (TPSA) is 72.4 Å². The van der Waals surface area contributed by atoms with Crippen LogP contribution in [-0.4, -0.2) is 27.0 Å². The molecule has 6 nitrogen and oxygen atoms in total. The SMILES string of the molecule is O=C(NCCCc1ncc2ccccn12)c1cc(-c2ccccc2)on1. The van der Waals surface area contributed by atoms with Crippen molar-refractivity contribution >= 4 is 11.4 Å². The highest BCUT2D eigenvalue weighted by Gasteiger charge is 2.13. The molecule has 3 heterocycles. The van der Waals surface area contributed by atoms with Gasteiger partial charge >= 0.3 is 0 Å². The summed E-state index contributed by atoms with van der Waals surface area (Å²) in [5, 5.41) is 6.73. The molecule has 4 rings (SSSR count). The number of pyridine rings is 1. The zero-order valence-corrected chi connectivity index (χ0v) is 14.1. The Labute approximate surface area is 150 Å². The van der Waals surface area contributed by atoms with Crippen molar-refractivity contribution in [2.75, 3.05) is 6.54 Å². The molecule has 0 aliphatic rings. The first-order chi connectivity index (χ1) is 12.8. The van der Waals surface area contributed by atoms with Gasteiger partial charge in [0.05, 0.1) is 11.7 Å². The molecule has 6 heteroatoms. The Morgan fingerprint density at radius 2 is 1.96 bits per heavy atom. The lowest BCUT2D eigenvalue weighted by Crippen LogP contribution is -2.25. The molecular weight excluding hydrogens is 328 g/mol. The summed E-state index contributed by atoms with van der Waals surface area (Å²) >= 11 is 0. The van der Waals surface area contributed by atoms with Gasteiger partial charge < -0.3 is 14.2 Å². The predicted molar refractivity (Wildman–Crippen MR) is 97.8 cm³/mol. The number of hydrogen-bond donors (Lipinski definition) is 1. The van der Waals surface area contributed by atoms with E-state index in [1.807, 2.05) is 60.9 Å². The van der Waals surface area contributed by atoms with Gasteiger partial charge in [0, 0.05) is 30.8 Å². The Morgan fingerprint density at radius 3 is 2.85 bits per heavy atom. The minimum atomic E-state index is -0.232. The second-order valence-corrected chi connectivity index (χ2v) is 5.97. The average Bonchev–Trinajstić information content (AvgIpc) is 3.33. The van der Waals surface area contributed by atoms with Crippen LogP contribution in [0, 0.1) is 0 Å². The van der Waals surface area contributed by atoms with E-state index < -0.39 is 0 Å². The number of carbonyl (C=O) groups excluding carboxylic acids is 1. The van der Waals surface area contributed by atoms with Crippen LogP contribution in [0.15, 0.2) is 71.5 Å². The van der Waals surface area contributed by atoms with Crippen LogP contribution in [0.2, 0.25) is 0 Å². The molecule has 0 atom stereocenters. The number of hydrogen-bond acceptors (Lipinski definition) is 4. The Bertz CT molecular complexity index is 1020. The zero-order valence-electron chi connectivity index (χ0n) is 14.1. The number of fused-ring (bicyclic) bond motifs is 1. The molecule has 1 N–H and O–H groups in total. The van der Waals surface area contributed by atoms with Crippen LogP contribution in [-0.2, 0) is 6.42 Å². The fourth-order valence-electron chi connectivity index (χ4n) is 2.84. The number of benzene rings is 1. The highest BCUT2D eigenvalue weighted by atomic mass is 16.5. The molecular formula is C20H18N4O2. The largest absolute Gasteiger partial charge is 0.355 e. The number of nitrogens with zero attached hydrogens (tertiary/aromatic N) is 3. The summed E-state index contributed by atoms with van der Waals surface area (Å²) in [6.45, 7) is 0.550. The molecule has 130 valence electrons. The van der Waals surface area contributed by atoms with E-state index in [2.05, 4.69) is 19.9 Å². The van der Waals surface area contributed by atoms with Gasteiger partial charge in [0.15, 0.2) is 11.5 Å². The van der Waals surface area contributed by atoms with Gasteiger partial charge in [-0.3, -0.25) is 4.79 Å². The van der Waals surface area contributed by atoms with Crippen molar-refractivity contribution in [1.29, 1.82) is 0 Å². The molecule has 0 spiro atoms. The molecule has 3 aromatic heterocycles. The van der Waals surface area contributed by atoms with Crippen LogP contribution in [0.1, 0.15) is 22.7 Å². The van der Waals surface area contributed by atoms with Crippen LogP contribution < -0.4 is 5.32 Å². The quantitative estimate of drug-likeness (QED) is 0.544. The minimum absolute atomic E-state index is 0.232. The number of aryl methyl sites for hydroxylation is 1. The van der Waals surface area contributed by atoms with Crippen LogP contribution in [0.25, 0.3) is 16.8 Å². The van der Waals surface area contributed by atoms with E-state index in [-0.39, 0.29) is 11.6 Å². The van der Waals surface area contributed by atoms with Gasteiger partial charge in [-0.1, -0.05) is 41.6 Å². The smallest absolute Gasteiger partial charge is 0.273 e. The van der Waals surface area contributed by atoms with E-state index in [9.17, 15) is 4.79 Å². The Morgan fingerprint density at radius 1 is 1.12 bits per heavy atom. The molecule has 0 aliphatic heterocycles. The predicted octanol–water partition coefficient (Wildman–Crippen LogP) is 3.35. The van der Waals surface area contributed by atoms with Crippen molar-refractivity contribution < 1.29 is 9.32 Å². The maximum Gasteiger partial charge on any atom is 0.273 e. The standard InChI is InChI=1S/C20H18N4O2/c25-20(17-13-18(26-23-17)15-7-2-1-3-8-15)21-11-6-10-19-22-14-16-9-4-5-12-24(16)19/h1-5,7-9,12-14H,6,10-11H2,(H,21,25). The number of aromatic nitrogens is 3. The van der Waals surface area contributed by atoms with Gasteiger partial charge in [-0.05, 0) is 18.6 Å². The van der Waals surface area contributed by atoms with Crippen molar-refractivity contribution in [3.8, 4) is 11.3 Å². The maximum atomic E-state index is 12.2. The lowest BCUT2D eigenvalue weighted by atomic mass is 10.1. The summed E-state index contributed by atoms with van der Waals surface area (Å²) in [5.41, 5.74) is 2.25. The second-order valence-electron chi connectivity index (χ2n) is 5.97. The van der Waals surface area contributed by atoms with Crippen molar-refractivity contribution in [2.24, 2.45) is 0 Å². The number of rotatable bonds is 6. The summed E-state index contributed by atoms with van der Waals surface area (Å²) in [4.78, 5) is 16.6. The highest BCUT2D eigenvalue weighted by Crippen LogP contribution is 2.19. The third-order valence-corrected chi connectivity index (χ3v) is 4.18. The first-order valence-corrected chi connectivity index (χ1v) is 8.52. The normalized spacial score (nSPS) is 10.9. The Kier molecular flexibility index (Phi) is 4.47. The lowest BCUT2D eigenvalue weighted by molar-refractivity contribution is 0.0944. The van der Waals surface area contributed by atoms with Crippen LogP contribution >= 0.6 is 0 Å². The van der Waals surface area contributed by atoms with E-state index in [1.54, 1.807) is 6.07 Å². The van der Waals surface area contributed by atoms with Gasteiger partial charge in [0.25, 0.3) is 5.91 Å². The van der Waals surface area contributed by atoms with Crippen LogP contribution in [0.3, 0.4) is 0 Å². The third kappa shape index (κ3) is 3.35. The summed E-state index contributed by atoms with van der Waals surface area (Å²) in [7, 11) is 0. The van der Waals surface area contributed by atoms with Crippen LogP contribution in [0.4, 0.5) is 0 Å². The fourth-order valence-corrected chi connectivity index (χ4v) is 2.84. The molecule has 1 aromatic carbocycles. The first-order valence-electron chi connectivity index (χ1n) is 8.52. The molecule has 0 saturated carbocycles. The number of nitrogens with one attached hydrogen (secondary N) is 1. The third-order valence-electron chi connectivity index (χ3n) is 4.18. The molecule has 0 saturated heterocycles. The summed E-state index contributed by atoms with van der Waals surface area (Å²) in [5.74, 6) is 1.34. The zero-order chi connectivity index (χ0) is 17.8. The van der Waals surface area contributed by atoms with E-state index in [1.165, 1.54) is 0 Å². The highest BCUT2D eigenvalue weighted by molar-refractivity contribution is 5.93. The van der Waals surface area contributed by atoms with Gasteiger partial charge in [-0.2, -0.15) is 0 Å². The number of imidazole rings is 1. The van der Waals surface area contributed by atoms with Crippen molar-refractivity contribution in [1.82, 2.24) is 19.9 Å². The summed E-state index contributed by atoms with van der Waals surface area (Å²) in [6.07, 6.45) is 5.43. The molecule has 0 fully saturated rings. The molecule has 1 amide bonds. The molecule has 0 radical (unpaired) electrons. The van der Waals surface area contributed by atoms with E-state index >= 15 is 0 Å². The number of carbonyl (C=O) groups is 1.